The van der Waals surface area contributed by atoms with E-state index >= 15 is 0 Å². The molecule has 0 fully saturated rings. The molecule has 0 saturated heterocycles. The van der Waals surface area contributed by atoms with Gasteiger partial charge in [-0.25, -0.2) is 0 Å². The molecule has 4 N–H and O–H groups in total. The highest BCUT2D eigenvalue weighted by Crippen LogP contribution is 2.40. The summed E-state index contributed by atoms with van der Waals surface area (Å²) in [6.07, 6.45) is 0. The molecule has 27 heavy (non-hydrogen) atoms. The highest BCUT2D eigenvalue weighted by Gasteiger charge is 2.22. The number of carbonyl (C=O) groups is 1. The SMILES string of the molecule is CCOP(=O)(O)c1ccc(C(=O)Nc2cc(-c3cccs3)ccc2N)cc1. The van der Waals surface area contributed by atoms with Gasteiger partial charge in [-0.3, -0.25) is 9.36 Å². The Kier molecular flexibility index (Phi) is 5.77. The molecule has 2 aromatic carbocycles. The first-order valence-electron chi connectivity index (χ1n) is 8.23. The van der Waals surface area contributed by atoms with Gasteiger partial charge in [0.1, 0.15) is 0 Å². The van der Waals surface area contributed by atoms with Crippen LogP contribution >= 0.6 is 18.9 Å². The number of hydrogen-bond donors (Lipinski definition) is 3. The number of thiophene rings is 1. The minimum absolute atomic E-state index is 0.121. The van der Waals surface area contributed by atoms with Crippen molar-refractivity contribution in [1.29, 1.82) is 0 Å². The van der Waals surface area contributed by atoms with E-state index in [-0.39, 0.29) is 17.8 Å². The van der Waals surface area contributed by atoms with Crippen LogP contribution in [0.3, 0.4) is 0 Å². The van der Waals surface area contributed by atoms with Gasteiger partial charge in [-0.1, -0.05) is 12.1 Å². The number of benzene rings is 2. The third kappa shape index (κ3) is 4.46. The largest absolute Gasteiger partial charge is 0.397 e. The van der Waals surface area contributed by atoms with Crippen molar-refractivity contribution in [1.82, 2.24) is 0 Å². The Morgan fingerprint density at radius 3 is 2.59 bits per heavy atom. The van der Waals surface area contributed by atoms with Crippen molar-refractivity contribution in [3.05, 3.63) is 65.5 Å². The monoisotopic (exact) mass is 402 g/mol. The lowest BCUT2D eigenvalue weighted by molar-refractivity contribution is 0.102. The summed E-state index contributed by atoms with van der Waals surface area (Å²) in [6, 6.07) is 15.2. The maximum Gasteiger partial charge on any atom is 0.358 e. The van der Waals surface area contributed by atoms with Gasteiger partial charge in [-0.2, -0.15) is 0 Å². The molecule has 1 aromatic heterocycles. The van der Waals surface area contributed by atoms with Gasteiger partial charge in [0, 0.05) is 10.4 Å². The summed E-state index contributed by atoms with van der Waals surface area (Å²) in [5.74, 6) is -0.360. The van der Waals surface area contributed by atoms with E-state index in [9.17, 15) is 14.3 Å². The molecule has 0 aliphatic carbocycles. The van der Waals surface area contributed by atoms with Gasteiger partial charge in [0.25, 0.3) is 5.91 Å². The van der Waals surface area contributed by atoms with Crippen molar-refractivity contribution >= 4 is 41.5 Å². The van der Waals surface area contributed by atoms with Gasteiger partial charge in [0.05, 0.1) is 23.3 Å². The predicted molar refractivity (Wildman–Crippen MR) is 110 cm³/mol. The molecule has 0 spiro atoms. The summed E-state index contributed by atoms with van der Waals surface area (Å²) in [7, 11) is -3.85. The first-order chi connectivity index (χ1) is 12.9. The van der Waals surface area contributed by atoms with Crippen molar-refractivity contribution < 1.29 is 18.8 Å². The Morgan fingerprint density at radius 1 is 1.22 bits per heavy atom. The zero-order valence-corrected chi connectivity index (χ0v) is 16.3. The van der Waals surface area contributed by atoms with E-state index in [0.29, 0.717) is 16.9 Å². The van der Waals surface area contributed by atoms with Crippen molar-refractivity contribution in [3.63, 3.8) is 0 Å². The number of carbonyl (C=O) groups excluding carboxylic acids is 1. The van der Waals surface area contributed by atoms with Crippen molar-refractivity contribution in [2.45, 2.75) is 6.92 Å². The predicted octanol–water partition coefficient (Wildman–Crippen LogP) is 4.10. The zero-order chi connectivity index (χ0) is 19.4. The molecule has 1 amide bonds. The fraction of sp³-hybridized carbons (Fsp3) is 0.105. The molecule has 140 valence electrons. The summed E-state index contributed by atoms with van der Waals surface area (Å²) in [5, 5.41) is 4.91. The second-order valence-corrected chi connectivity index (χ2v) is 8.48. The lowest BCUT2D eigenvalue weighted by atomic mass is 10.1. The van der Waals surface area contributed by atoms with E-state index in [0.717, 1.165) is 10.4 Å². The fourth-order valence-electron chi connectivity index (χ4n) is 2.51. The Bertz CT molecular complexity index is 987. The maximum absolute atomic E-state index is 12.5. The maximum atomic E-state index is 12.5. The van der Waals surface area contributed by atoms with Crippen LogP contribution in [0.1, 0.15) is 17.3 Å². The van der Waals surface area contributed by atoms with Crippen LogP contribution in [0.15, 0.2) is 60.0 Å². The number of anilines is 2. The van der Waals surface area contributed by atoms with E-state index in [2.05, 4.69) is 5.32 Å². The Morgan fingerprint density at radius 2 is 1.96 bits per heavy atom. The summed E-state index contributed by atoms with van der Waals surface area (Å²) < 4.78 is 16.9. The van der Waals surface area contributed by atoms with E-state index in [1.807, 2.05) is 29.6 Å². The number of nitrogen functional groups attached to an aromatic ring is 1. The lowest BCUT2D eigenvalue weighted by Crippen LogP contribution is -2.15. The molecule has 3 rings (SSSR count). The summed E-state index contributed by atoms with van der Waals surface area (Å²) >= 11 is 1.60. The molecule has 0 saturated carbocycles. The molecule has 1 unspecified atom stereocenters. The van der Waals surface area contributed by atoms with Gasteiger partial charge < -0.3 is 20.5 Å². The van der Waals surface area contributed by atoms with Crippen LogP contribution in [-0.2, 0) is 9.09 Å². The van der Waals surface area contributed by atoms with Crippen molar-refractivity contribution in [2.75, 3.05) is 17.7 Å². The van der Waals surface area contributed by atoms with Crippen molar-refractivity contribution in [2.24, 2.45) is 0 Å². The van der Waals surface area contributed by atoms with Gasteiger partial charge in [-0.05, 0) is 60.3 Å². The summed E-state index contributed by atoms with van der Waals surface area (Å²) in [6.45, 7) is 1.76. The van der Waals surface area contributed by atoms with Crippen LogP contribution in [0.2, 0.25) is 0 Å². The van der Waals surface area contributed by atoms with Crippen LogP contribution in [0.5, 0.6) is 0 Å². The molecule has 1 atom stereocenters. The number of amides is 1. The van der Waals surface area contributed by atoms with Crippen molar-refractivity contribution in [3.8, 4) is 10.4 Å². The second kappa shape index (κ2) is 8.06. The molecule has 1 heterocycles. The first kappa shape index (κ1) is 19.3. The standard InChI is InChI=1S/C19H19N2O4PS/c1-2-25-26(23,24)15-8-5-13(6-9-15)19(22)21-17-12-14(7-10-16(17)20)18-4-3-11-27-18/h3-12H,2,20H2,1H3,(H,21,22)(H,23,24). The summed E-state index contributed by atoms with van der Waals surface area (Å²) in [4.78, 5) is 23.4. The van der Waals surface area contributed by atoms with E-state index in [4.69, 9.17) is 10.3 Å². The average molecular weight is 402 g/mol. The minimum atomic E-state index is -3.85. The molecule has 8 heteroatoms. The average Bonchev–Trinajstić information content (AvgIpc) is 3.18. The number of nitrogens with one attached hydrogen (secondary N) is 1. The highest BCUT2D eigenvalue weighted by molar-refractivity contribution is 7.61. The van der Waals surface area contributed by atoms with Gasteiger partial charge in [0.2, 0.25) is 0 Å². The Hall–Kier alpha value is -2.44. The van der Waals surface area contributed by atoms with Crippen LogP contribution < -0.4 is 16.4 Å². The Labute approximate surface area is 161 Å². The molecular formula is C19H19N2O4PS. The van der Waals surface area contributed by atoms with Gasteiger partial charge in [-0.15, -0.1) is 11.3 Å². The second-order valence-electron chi connectivity index (χ2n) is 5.72. The third-order valence-electron chi connectivity index (χ3n) is 3.87. The minimum Gasteiger partial charge on any atom is -0.397 e. The van der Waals surface area contributed by atoms with Crippen LogP contribution in [0.25, 0.3) is 10.4 Å². The summed E-state index contributed by atoms with van der Waals surface area (Å²) in [5.41, 5.74) is 8.26. The van der Waals surface area contributed by atoms with E-state index in [1.54, 1.807) is 24.3 Å². The normalized spacial score (nSPS) is 13.1. The van der Waals surface area contributed by atoms with Crippen LogP contribution in [0, 0.1) is 0 Å². The molecule has 0 aliphatic rings. The number of nitrogens with two attached hydrogens (primary N) is 1. The highest BCUT2D eigenvalue weighted by atomic mass is 32.1. The van der Waals surface area contributed by atoms with Gasteiger partial charge >= 0.3 is 7.60 Å². The fourth-order valence-corrected chi connectivity index (χ4v) is 4.25. The smallest absolute Gasteiger partial charge is 0.358 e. The topological polar surface area (TPSA) is 102 Å². The van der Waals surface area contributed by atoms with Gasteiger partial charge in [0.15, 0.2) is 0 Å². The molecule has 0 radical (unpaired) electrons. The lowest BCUT2D eigenvalue weighted by Gasteiger charge is -2.12. The van der Waals surface area contributed by atoms with E-state index < -0.39 is 7.60 Å². The Balaban J connectivity index is 1.79. The quantitative estimate of drug-likeness (QED) is 0.426. The number of hydrogen-bond acceptors (Lipinski definition) is 5. The molecular weight excluding hydrogens is 383 g/mol. The van der Waals surface area contributed by atoms with Crippen LogP contribution in [-0.4, -0.2) is 17.4 Å². The molecule has 0 bridgehead atoms. The molecule has 0 aliphatic heterocycles. The zero-order valence-electron chi connectivity index (χ0n) is 14.6. The van der Waals surface area contributed by atoms with Crippen LogP contribution in [0.4, 0.5) is 11.4 Å². The van der Waals surface area contributed by atoms with E-state index in [1.165, 1.54) is 24.3 Å². The molecule has 3 aromatic rings. The first-order valence-corrected chi connectivity index (χ1v) is 10.7. The third-order valence-corrected chi connectivity index (χ3v) is 6.34. The molecule has 6 nitrogen and oxygen atoms in total. The number of rotatable bonds is 6.